The molecule has 1 aliphatic rings. The molecule has 1 heterocycles. The van der Waals surface area contributed by atoms with E-state index in [2.05, 4.69) is 51.0 Å². The van der Waals surface area contributed by atoms with E-state index in [-0.39, 0.29) is 0 Å². The Hall–Kier alpha value is -0.760. The summed E-state index contributed by atoms with van der Waals surface area (Å²) < 4.78 is 3.63. The Morgan fingerprint density at radius 3 is 2.76 bits per heavy atom. The van der Waals surface area contributed by atoms with Gasteiger partial charge in [-0.25, -0.2) is 0 Å². The molecule has 0 N–H and O–H groups in total. The molecule has 0 bridgehead atoms. The van der Waals surface area contributed by atoms with Crippen molar-refractivity contribution < 1.29 is 0 Å². The average Bonchev–Trinajstić information content (AvgIpc) is 2.76. The minimum absolute atomic E-state index is 0.887. The zero-order valence-corrected chi connectivity index (χ0v) is 11.6. The molecule has 3 rings (SSSR count). The number of fused-ring (bicyclic) bond motifs is 1. The number of rotatable bonds is 2. The lowest BCUT2D eigenvalue weighted by Crippen LogP contribution is -2.13. The van der Waals surface area contributed by atoms with Gasteiger partial charge in [0.15, 0.2) is 0 Å². The second kappa shape index (κ2) is 4.85. The number of aromatic nitrogens is 1. The summed E-state index contributed by atoms with van der Waals surface area (Å²) in [4.78, 5) is 0. The topological polar surface area (TPSA) is 4.93 Å². The Morgan fingerprint density at radius 2 is 1.94 bits per heavy atom. The second-order valence-corrected chi connectivity index (χ2v) is 6.00. The van der Waals surface area contributed by atoms with Gasteiger partial charge in [0, 0.05) is 28.1 Å². The van der Waals surface area contributed by atoms with Crippen LogP contribution in [0.2, 0.25) is 0 Å². The van der Waals surface area contributed by atoms with Crippen LogP contribution in [0.15, 0.2) is 34.9 Å². The maximum atomic E-state index is 3.62. The number of nitrogens with zero attached hydrogens (tertiary/aromatic N) is 1. The van der Waals surface area contributed by atoms with Gasteiger partial charge in [0.05, 0.1) is 0 Å². The molecule has 90 valence electrons. The van der Waals surface area contributed by atoms with Crippen molar-refractivity contribution in [1.82, 2.24) is 4.57 Å². The number of benzene rings is 1. The molecule has 1 aromatic carbocycles. The first kappa shape index (κ1) is 11.3. The van der Waals surface area contributed by atoms with Crippen molar-refractivity contribution in [2.45, 2.75) is 38.6 Å². The van der Waals surface area contributed by atoms with Gasteiger partial charge in [-0.05, 0) is 37.0 Å². The van der Waals surface area contributed by atoms with Gasteiger partial charge in [-0.2, -0.15) is 0 Å². The first-order valence-electron chi connectivity index (χ1n) is 6.58. The summed E-state index contributed by atoms with van der Waals surface area (Å²) in [6.07, 6.45) is 9.35. The third kappa shape index (κ3) is 2.28. The summed E-state index contributed by atoms with van der Waals surface area (Å²) in [5, 5.41) is 1.34. The molecule has 1 aromatic heterocycles. The molecule has 0 saturated heterocycles. The zero-order valence-electron chi connectivity index (χ0n) is 10.0. The van der Waals surface area contributed by atoms with Gasteiger partial charge in [0.1, 0.15) is 0 Å². The van der Waals surface area contributed by atoms with Crippen molar-refractivity contribution in [1.29, 1.82) is 0 Å². The first-order chi connectivity index (χ1) is 8.34. The fraction of sp³-hybridized carbons (Fsp3) is 0.467. The van der Waals surface area contributed by atoms with E-state index in [0.717, 1.165) is 5.92 Å². The SMILES string of the molecule is Brc1cccc2c1ccn2CC1CCCCC1. The van der Waals surface area contributed by atoms with Crippen molar-refractivity contribution >= 4 is 26.8 Å². The minimum Gasteiger partial charge on any atom is -0.347 e. The van der Waals surface area contributed by atoms with Crippen LogP contribution in [0.1, 0.15) is 32.1 Å². The van der Waals surface area contributed by atoms with Gasteiger partial charge in [-0.15, -0.1) is 0 Å². The Balaban J connectivity index is 1.87. The molecule has 1 nitrogen and oxygen atoms in total. The van der Waals surface area contributed by atoms with E-state index in [1.807, 2.05) is 0 Å². The highest BCUT2D eigenvalue weighted by Crippen LogP contribution is 2.29. The largest absolute Gasteiger partial charge is 0.347 e. The van der Waals surface area contributed by atoms with Crippen LogP contribution < -0.4 is 0 Å². The highest BCUT2D eigenvalue weighted by molar-refractivity contribution is 9.10. The summed E-state index contributed by atoms with van der Waals surface area (Å²) in [6.45, 7) is 1.19. The van der Waals surface area contributed by atoms with Crippen LogP contribution in [0, 0.1) is 5.92 Å². The summed E-state index contributed by atoms with van der Waals surface area (Å²) in [5.74, 6) is 0.887. The molecule has 1 fully saturated rings. The molecule has 1 saturated carbocycles. The molecule has 17 heavy (non-hydrogen) atoms. The first-order valence-corrected chi connectivity index (χ1v) is 7.37. The average molecular weight is 292 g/mol. The number of halogens is 1. The van der Waals surface area contributed by atoms with E-state index in [1.54, 1.807) is 0 Å². The van der Waals surface area contributed by atoms with Gasteiger partial charge >= 0.3 is 0 Å². The molecule has 2 heteroatoms. The molecule has 0 unspecified atom stereocenters. The summed E-state index contributed by atoms with van der Waals surface area (Å²) in [6, 6.07) is 8.70. The summed E-state index contributed by atoms with van der Waals surface area (Å²) in [5.41, 5.74) is 1.37. The van der Waals surface area contributed by atoms with E-state index in [1.165, 1.54) is 54.0 Å². The minimum atomic E-state index is 0.887. The Morgan fingerprint density at radius 1 is 1.12 bits per heavy atom. The Bertz CT molecular complexity index is 509. The van der Waals surface area contributed by atoms with E-state index < -0.39 is 0 Å². The highest BCUT2D eigenvalue weighted by atomic mass is 79.9. The molecule has 2 aromatic rings. The van der Waals surface area contributed by atoms with Crippen LogP contribution >= 0.6 is 15.9 Å². The fourth-order valence-corrected chi connectivity index (χ4v) is 3.48. The van der Waals surface area contributed by atoms with Crippen molar-refractivity contribution in [2.24, 2.45) is 5.92 Å². The zero-order chi connectivity index (χ0) is 11.7. The maximum Gasteiger partial charge on any atom is 0.0491 e. The maximum absolute atomic E-state index is 3.62. The lowest BCUT2D eigenvalue weighted by Gasteiger charge is -2.22. The molecular formula is C15H18BrN. The van der Waals surface area contributed by atoms with Crippen molar-refractivity contribution in [3.8, 4) is 0 Å². The Labute approximate surface area is 111 Å². The molecular weight excluding hydrogens is 274 g/mol. The molecule has 0 radical (unpaired) electrons. The molecule has 0 aliphatic heterocycles. The van der Waals surface area contributed by atoms with E-state index >= 15 is 0 Å². The van der Waals surface area contributed by atoms with Crippen LogP contribution in [0.5, 0.6) is 0 Å². The highest BCUT2D eigenvalue weighted by Gasteiger charge is 2.14. The van der Waals surface area contributed by atoms with Crippen LogP contribution in [0.3, 0.4) is 0 Å². The van der Waals surface area contributed by atoms with Crippen molar-refractivity contribution in [3.63, 3.8) is 0 Å². The lowest BCUT2D eigenvalue weighted by molar-refractivity contribution is 0.322. The monoisotopic (exact) mass is 291 g/mol. The fourth-order valence-electron chi connectivity index (χ4n) is 2.99. The third-order valence-electron chi connectivity index (χ3n) is 3.94. The van der Waals surface area contributed by atoms with Crippen LogP contribution in [0.4, 0.5) is 0 Å². The van der Waals surface area contributed by atoms with E-state index in [4.69, 9.17) is 0 Å². The van der Waals surface area contributed by atoms with Gasteiger partial charge in [0.25, 0.3) is 0 Å². The van der Waals surface area contributed by atoms with Gasteiger partial charge in [-0.1, -0.05) is 41.3 Å². The van der Waals surface area contributed by atoms with Gasteiger partial charge < -0.3 is 4.57 Å². The van der Waals surface area contributed by atoms with Gasteiger partial charge in [-0.3, -0.25) is 0 Å². The van der Waals surface area contributed by atoms with Crippen molar-refractivity contribution in [3.05, 3.63) is 34.9 Å². The Kier molecular flexibility index (Phi) is 3.24. The smallest absolute Gasteiger partial charge is 0.0491 e. The quantitative estimate of drug-likeness (QED) is 0.735. The number of hydrogen-bond acceptors (Lipinski definition) is 0. The predicted molar refractivity (Wildman–Crippen MR) is 76.2 cm³/mol. The molecule has 0 amide bonds. The van der Waals surface area contributed by atoms with Crippen LogP contribution in [-0.4, -0.2) is 4.57 Å². The van der Waals surface area contributed by atoms with Crippen molar-refractivity contribution in [2.75, 3.05) is 0 Å². The summed E-state index contributed by atoms with van der Waals surface area (Å²) >= 11 is 3.62. The molecule has 0 atom stereocenters. The van der Waals surface area contributed by atoms with Crippen LogP contribution in [-0.2, 0) is 6.54 Å². The van der Waals surface area contributed by atoms with E-state index in [9.17, 15) is 0 Å². The molecule has 1 aliphatic carbocycles. The van der Waals surface area contributed by atoms with Gasteiger partial charge in [0.2, 0.25) is 0 Å². The summed E-state index contributed by atoms with van der Waals surface area (Å²) in [7, 11) is 0. The third-order valence-corrected chi connectivity index (χ3v) is 4.63. The lowest BCUT2D eigenvalue weighted by atomic mass is 9.89. The van der Waals surface area contributed by atoms with E-state index in [0.29, 0.717) is 0 Å². The normalized spacial score (nSPS) is 17.7. The standard InChI is InChI=1S/C15H18BrN/c16-14-7-4-8-15-13(14)9-10-17(15)11-12-5-2-1-3-6-12/h4,7-10,12H,1-3,5-6,11H2. The second-order valence-electron chi connectivity index (χ2n) is 5.14. The molecule has 0 spiro atoms. The van der Waals surface area contributed by atoms with Crippen LogP contribution in [0.25, 0.3) is 10.9 Å². The predicted octanol–water partition coefficient (Wildman–Crippen LogP) is 4.98. The number of hydrogen-bond donors (Lipinski definition) is 0.